The molecule has 0 aromatic rings. The summed E-state index contributed by atoms with van der Waals surface area (Å²) in [6.07, 6.45) is 0.646. The second-order valence-corrected chi connectivity index (χ2v) is 5.72. The highest BCUT2D eigenvalue weighted by molar-refractivity contribution is 7.99. The Labute approximate surface area is 102 Å². The molecule has 0 fully saturated rings. The molecular weight excluding hydrogens is 226 g/mol. The zero-order valence-corrected chi connectivity index (χ0v) is 11.4. The highest BCUT2D eigenvalue weighted by Gasteiger charge is 2.13. The number of hydrogen-bond donors (Lipinski definition) is 1. The molecule has 2 N–H and O–H groups in total. The van der Waals surface area contributed by atoms with Gasteiger partial charge in [-0.2, -0.15) is 11.8 Å². The Morgan fingerprint density at radius 2 is 2.00 bits per heavy atom. The van der Waals surface area contributed by atoms with Gasteiger partial charge in [0, 0.05) is 5.75 Å². The molecule has 0 spiro atoms. The number of methoxy groups -OCH3 is 1. The van der Waals surface area contributed by atoms with E-state index in [2.05, 4.69) is 4.74 Å². The molecule has 0 aromatic carbocycles. The van der Waals surface area contributed by atoms with Gasteiger partial charge < -0.3 is 15.2 Å². The van der Waals surface area contributed by atoms with E-state index in [4.69, 9.17) is 10.5 Å². The van der Waals surface area contributed by atoms with Crippen LogP contribution in [-0.2, 0) is 14.3 Å². The topological polar surface area (TPSA) is 61.5 Å². The van der Waals surface area contributed by atoms with Gasteiger partial charge in [0.2, 0.25) is 0 Å². The molecule has 0 heterocycles. The van der Waals surface area contributed by atoms with Crippen molar-refractivity contribution < 1.29 is 14.3 Å². The molecule has 0 saturated heterocycles. The summed E-state index contributed by atoms with van der Waals surface area (Å²) in [5.41, 5.74) is 5.51. The molecule has 0 rings (SSSR count). The number of nitrogens with two attached hydrogens (primary N) is 1. The summed E-state index contributed by atoms with van der Waals surface area (Å²) in [6.45, 7) is 6.82. The molecule has 5 heteroatoms. The van der Waals surface area contributed by atoms with Crippen molar-refractivity contribution in [2.24, 2.45) is 5.73 Å². The minimum atomic E-state index is -0.499. The van der Waals surface area contributed by atoms with Crippen LogP contribution in [-0.4, -0.2) is 42.8 Å². The molecule has 1 unspecified atom stereocenters. The smallest absolute Gasteiger partial charge is 0.322 e. The molecule has 0 amide bonds. The van der Waals surface area contributed by atoms with Gasteiger partial charge in [-0.25, -0.2) is 0 Å². The molecular formula is C11H23NO3S. The Bertz CT molecular complexity index is 204. The Kier molecular flexibility index (Phi) is 7.80. The molecule has 0 aliphatic heterocycles. The number of carbonyl (C=O) groups is 1. The van der Waals surface area contributed by atoms with E-state index < -0.39 is 6.04 Å². The number of rotatable bonds is 7. The van der Waals surface area contributed by atoms with Crippen molar-refractivity contribution in [2.45, 2.75) is 38.8 Å². The van der Waals surface area contributed by atoms with Gasteiger partial charge >= 0.3 is 5.97 Å². The second-order valence-electron chi connectivity index (χ2n) is 4.49. The normalized spacial score (nSPS) is 13.6. The van der Waals surface area contributed by atoms with E-state index in [1.807, 2.05) is 20.8 Å². The summed E-state index contributed by atoms with van der Waals surface area (Å²) in [4.78, 5) is 11.0. The maximum absolute atomic E-state index is 11.0. The van der Waals surface area contributed by atoms with Gasteiger partial charge in [0.05, 0.1) is 19.3 Å². The summed E-state index contributed by atoms with van der Waals surface area (Å²) in [5, 5.41) is 0. The minimum Gasteiger partial charge on any atom is -0.468 e. The van der Waals surface area contributed by atoms with Crippen molar-refractivity contribution >= 4 is 17.7 Å². The van der Waals surface area contributed by atoms with Crippen LogP contribution in [0.25, 0.3) is 0 Å². The van der Waals surface area contributed by atoms with E-state index in [1.54, 1.807) is 11.8 Å². The zero-order valence-electron chi connectivity index (χ0n) is 10.6. The summed E-state index contributed by atoms with van der Waals surface area (Å²) in [5.74, 6) is 1.43. The first-order valence-electron chi connectivity index (χ1n) is 5.42. The van der Waals surface area contributed by atoms with Crippen molar-refractivity contribution in [3.05, 3.63) is 0 Å². The molecule has 1 atom stereocenters. The van der Waals surface area contributed by atoms with Gasteiger partial charge in [0.25, 0.3) is 0 Å². The van der Waals surface area contributed by atoms with Gasteiger partial charge in [0.1, 0.15) is 6.04 Å². The molecule has 0 aliphatic carbocycles. The fourth-order valence-corrected chi connectivity index (χ4v) is 1.81. The first kappa shape index (κ1) is 15.7. The van der Waals surface area contributed by atoms with Crippen LogP contribution in [0.3, 0.4) is 0 Å². The lowest BCUT2D eigenvalue weighted by Gasteiger charge is -2.19. The quantitative estimate of drug-likeness (QED) is 0.546. The Hall–Kier alpha value is -0.260. The summed E-state index contributed by atoms with van der Waals surface area (Å²) in [7, 11) is 1.35. The van der Waals surface area contributed by atoms with E-state index in [9.17, 15) is 4.79 Å². The van der Waals surface area contributed by atoms with Crippen LogP contribution < -0.4 is 5.73 Å². The summed E-state index contributed by atoms with van der Waals surface area (Å²) >= 11 is 1.74. The first-order chi connectivity index (χ1) is 7.37. The van der Waals surface area contributed by atoms with Crippen LogP contribution in [0.15, 0.2) is 0 Å². The number of thioether (sulfide) groups is 1. The molecule has 0 saturated carbocycles. The van der Waals surface area contributed by atoms with E-state index >= 15 is 0 Å². The Morgan fingerprint density at radius 3 is 2.50 bits per heavy atom. The lowest BCUT2D eigenvalue weighted by molar-refractivity contribution is -0.142. The summed E-state index contributed by atoms with van der Waals surface area (Å²) < 4.78 is 10.1. The highest BCUT2D eigenvalue weighted by Crippen LogP contribution is 2.09. The number of carbonyl (C=O) groups excluding carboxylic acids is 1. The van der Waals surface area contributed by atoms with E-state index in [0.717, 1.165) is 18.1 Å². The molecule has 0 aromatic heterocycles. The predicted molar refractivity (Wildman–Crippen MR) is 67.6 cm³/mol. The minimum absolute atomic E-state index is 0.0804. The van der Waals surface area contributed by atoms with Crippen molar-refractivity contribution in [1.29, 1.82) is 0 Å². The number of esters is 1. The molecule has 0 radical (unpaired) electrons. The molecule has 0 aliphatic rings. The Morgan fingerprint density at radius 1 is 1.38 bits per heavy atom. The van der Waals surface area contributed by atoms with Gasteiger partial charge in [0.15, 0.2) is 0 Å². The third-order valence-electron chi connectivity index (χ3n) is 1.84. The SMILES string of the molecule is COC(=O)C(N)CCSCCOC(C)(C)C. The average molecular weight is 249 g/mol. The fraction of sp³-hybridized carbons (Fsp3) is 0.909. The number of hydrogen-bond acceptors (Lipinski definition) is 5. The van der Waals surface area contributed by atoms with Crippen molar-refractivity contribution in [3.8, 4) is 0 Å². The van der Waals surface area contributed by atoms with Gasteiger partial charge in [-0.1, -0.05) is 0 Å². The molecule has 4 nitrogen and oxygen atoms in total. The third-order valence-corrected chi connectivity index (χ3v) is 2.82. The molecule has 16 heavy (non-hydrogen) atoms. The van der Waals surface area contributed by atoms with Crippen LogP contribution >= 0.6 is 11.8 Å². The zero-order chi connectivity index (χ0) is 12.6. The maximum Gasteiger partial charge on any atom is 0.322 e. The third kappa shape index (κ3) is 9.00. The van der Waals surface area contributed by atoms with E-state index in [-0.39, 0.29) is 11.6 Å². The molecule has 0 bridgehead atoms. The predicted octanol–water partition coefficient (Wildman–Crippen LogP) is 1.43. The van der Waals surface area contributed by atoms with Crippen molar-refractivity contribution in [1.82, 2.24) is 0 Å². The van der Waals surface area contributed by atoms with Crippen LogP contribution in [0.1, 0.15) is 27.2 Å². The fourth-order valence-electron chi connectivity index (χ4n) is 0.988. The first-order valence-corrected chi connectivity index (χ1v) is 6.57. The second kappa shape index (κ2) is 7.92. The van der Waals surface area contributed by atoms with Gasteiger partial charge in [-0.3, -0.25) is 4.79 Å². The maximum atomic E-state index is 11.0. The number of ether oxygens (including phenoxy) is 2. The largest absolute Gasteiger partial charge is 0.468 e. The van der Waals surface area contributed by atoms with Crippen molar-refractivity contribution in [3.63, 3.8) is 0 Å². The standard InChI is InChI=1S/C11H23NO3S/c1-11(2,3)15-6-8-16-7-5-9(12)10(13)14-4/h9H,5-8,12H2,1-4H3. The van der Waals surface area contributed by atoms with Crippen molar-refractivity contribution in [2.75, 3.05) is 25.2 Å². The van der Waals surface area contributed by atoms with E-state index in [0.29, 0.717) is 6.42 Å². The van der Waals surface area contributed by atoms with Crippen LogP contribution in [0.2, 0.25) is 0 Å². The lowest BCUT2D eigenvalue weighted by Crippen LogP contribution is -2.32. The van der Waals surface area contributed by atoms with Crippen LogP contribution in [0.5, 0.6) is 0 Å². The van der Waals surface area contributed by atoms with Gasteiger partial charge in [-0.15, -0.1) is 0 Å². The summed E-state index contributed by atoms with van der Waals surface area (Å²) in [6, 6.07) is -0.499. The van der Waals surface area contributed by atoms with Crippen LogP contribution in [0.4, 0.5) is 0 Å². The lowest BCUT2D eigenvalue weighted by atomic mass is 10.2. The van der Waals surface area contributed by atoms with E-state index in [1.165, 1.54) is 7.11 Å². The monoisotopic (exact) mass is 249 g/mol. The van der Waals surface area contributed by atoms with Gasteiger partial charge in [-0.05, 0) is 32.9 Å². The Balaban J connectivity index is 3.37. The average Bonchev–Trinajstić information content (AvgIpc) is 2.20. The highest BCUT2D eigenvalue weighted by atomic mass is 32.2. The van der Waals surface area contributed by atoms with Crippen LogP contribution in [0, 0.1) is 0 Å². The molecule has 96 valence electrons.